The molecular weight excluding hydrogens is 642 g/mol. The van der Waals surface area contributed by atoms with Gasteiger partial charge in [0, 0.05) is 36.1 Å². The molecule has 3 aromatic rings. The highest BCUT2D eigenvalue weighted by Gasteiger charge is 2.32. The highest BCUT2D eigenvalue weighted by Crippen LogP contribution is 2.29. The number of halogens is 1. The Morgan fingerprint density at radius 1 is 1.09 bits per heavy atom. The summed E-state index contributed by atoms with van der Waals surface area (Å²) >= 11 is 0. The van der Waals surface area contributed by atoms with Gasteiger partial charge >= 0.3 is 5.97 Å². The van der Waals surface area contributed by atoms with E-state index in [9.17, 15) is 38.2 Å². The number of fused-ring (bicyclic) bond motifs is 1. The predicted octanol–water partition coefficient (Wildman–Crippen LogP) is 1.74. The maximum Gasteiger partial charge on any atom is 0.340 e. The number of esters is 1. The minimum atomic E-state index is -3.91. The summed E-state index contributed by atoms with van der Waals surface area (Å²) in [6, 6.07) is 8.26. The van der Waals surface area contributed by atoms with Gasteiger partial charge in [0.05, 0.1) is 10.5 Å². The number of nitrogens with two attached hydrogens (primary N) is 1. The second-order valence-corrected chi connectivity index (χ2v) is 11.9. The summed E-state index contributed by atoms with van der Waals surface area (Å²) in [5.41, 5.74) is 6.30. The molecule has 2 heterocycles. The molecule has 0 saturated carbocycles. The first-order valence-electron chi connectivity index (χ1n) is 13.2. The summed E-state index contributed by atoms with van der Waals surface area (Å²) in [4.78, 5) is 55.6. The Balaban J connectivity index is 0.00000552. The number of sulfonamides is 1. The number of carbonyl (C=O) groups is 1. The largest absolute Gasteiger partial charge is 0.486 e. The summed E-state index contributed by atoms with van der Waals surface area (Å²) in [6.07, 6.45) is 0.736. The number of nitrogens with zero attached hydrogens (tertiary/aromatic N) is 4. The highest BCUT2D eigenvalue weighted by atomic mass is 35.5. The lowest BCUT2D eigenvalue weighted by Gasteiger charge is -2.19. The normalized spacial score (nSPS) is 15.0. The SMILES string of the molecule is Cc1cc(OC(CO[N+](=O)[O-])CO[N+](=O)[O-])ccc1C(=O)OCn1cc(C)c2c(S(=O)(=O)N3CC[C@H](N)C3)cccc2c1=O.Cl. The fourth-order valence-corrected chi connectivity index (χ4v) is 6.58. The number of carbonyl (C=O) groups excluding carboxylic acids is 1. The first-order valence-corrected chi connectivity index (χ1v) is 14.6. The number of hydrogen-bond donors (Lipinski definition) is 1. The van der Waals surface area contributed by atoms with Crippen molar-refractivity contribution in [3.8, 4) is 5.75 Å². The number of aryl methyl sites for hydroxylation is 2. The predicted molar refractivity (Wildman–Crippen MR) is 158 cm³/mol. The van der Waals surface area contributed by atoms with Gasteiger partial charge < -0.3 is 24.9 Å². The molecule has 0 aliphatic carbocycles. The van der Waals surface area contributed by atoms with E-state index in [0.717, 1.165) is 4.57 Å². The fourth-order valence-electron chi connectivity index (χ4n) is 4.79. The van der Waals surface area contributed by atoms with E-state index in [-0.39, 0.29) is 58.5 Å². The van der Waals surface area contributed by atoms with Crippen LogP contribution in [0.15, 0.2) is 52.3 Å². The maximum absolute atomic E-state index is 13.4. The van der Waals surface area contributed by atoms with Crippen LogP contribution in [0.1, 0.15) is 27.9 Å². The van der Waals surface area contributed by atoms with Crippen molar-refractivity contribution in [1.82, 2.24) is 8.87 Å². The molecule has 45 heavy (non-hydrogen) atoms. The Labute approximate surface area is 262 Å². The van der Waals surface area contributed by atoms with Crippen LogP contribution in [-0.4, -0.2) is 71.9 Å². The molecule has 1 fully saturated rings. The number of aromatic nitrogens is 1. The van der Waals surface area contributed by atoms with Gasteiger partial charge in [0.2, 0.25) is 10.0 Å². The fraction of sp³-hybridized carbons (Fsp3) is 0.385. The van der Waals surface area contributed by atoms with Crippen LogP contribution in [0.25, 0.3) is 10.8 Å². The lowest BCUT2D eigenvalue weighted by Crippen LogP contribution is -2.32. The molecule has 19 heteroatoms. The molecule has 1 aliphatic rings. The zero-order valence-electron chi connectivity index (χ0n) is 24.0. The van der Waals surface area contributed by atoms with Crippen LogP contribution in [0, 0.1) is 34.1 Å². The van der Waals surface area contributed by atoms with Crippen LogP contribution in [0.4, 0.5) is 0 Å². The summed E-state index contributed by atoms with van der Waals surface area (Å²) in [6.45, 7) is 1.91. The Morgan fingerprint density at radius 2 is 1.76 bits per heavy atom. The van der Waals surface area contributed by atoms with Gasteiger partial charge in [-0.05, 0) is 61.7 Å². The third kappa shape index (κ3) is 8.15. The summed E-state index contributed by atoms with van der Waals surface area (Å²) in [7, 11) is -3.91. The minimum absolute atomic E-state index is 0. The smallest absolute Gasteiger partial charge is 0.340 e. The molecule has 4 rings (SSSR count). The van der Waals surface area contributed by atoms with Gasteiger partial charge in [-0.2, -0.15) is 4.31 Å². The molecule has 0 unspecified atom stereocenters. The molecule has 2 N–H and O–H groups in total. The van der Waals surface area contributed by atoms with Crippen LogP contribution in [0.5, 0.6) is 5.75 Å². The second-order valence-electron chi connectivity index (χ2n) is 9.99. The van der Waals surface area contributed by atoms with E-state index >= 15 is 0 Å². The lowest BCUT2D eigenvalue weighted by molar-refractivity contribution is -0.768. The van der Waals surface area contributed by atoms with Crippen molar-refractivity contribution in [1.29, 1.82) is 0 Å². The minimum Gasteiger partial charge on any atom is -0.486 e. The van der Waals surface area contributed by atoms with E-state index in [1.54, 1.807) is 13.8 Å². The number of ether oxygens (including phenoxy) is 2. The molecule has 2 aromatic carbocycles. The summed E-state index contributed by atoms with van der Waals surface area (Å²) in [5, 5.41) is 19.3. The van der Waals surface area contributed by atoms with Gasteiger partial charge in [-0.1, -0.05) is 6.07 Å². The Hall–Kier alpha value is -4.52. The van der Waals surface area contributed by atoms with Crippen LogP contribution in [0.2, 0.25) is 0 Å². The van der Waals surface area contributed by atoms with Gasteiger partial charge in [0.1, 0.15) is 25.1 Å². The molecule has 0 amide bonds. The average molecular weight is 672 g/mol. The average Bonchev–Trinajstić information content (AvgIpc) is 3.42. The van der Waals surface area contributed by atoms with Crippen LogP contribution < -0.4 is 16.0 Å². The first-order chi connectivity index (χ1) is 20.8. The zero-order valence-corrected chi connectivity index (χ0v) is 25.7. The Kier molecular flexibility index (Phi) is 11.3. The van der Waals surface area contributed by atoms with Crippen LogP contribution in [-0.2, 0) is 31.2 Å². The van der Waals surface area contributed by atoms with E-state index in [1.807, 2.05) is 0 Å². The van der Waals surface area contributed by atoms with Gasteiger partial charge in [-0.3, -0.25) is 9.36 Å². The Bertz CT molecular complexity index is 1750. The standard InChI is InChI=1S/C26H29N5O12S.ClH/c1-16-10-19(43-20(13-41-30(34)35)14-42-31(36)37)6-7-21(16)26(33)40-15-28-11-17(2)24-22(25(28)32)4-3-5-23(24)44(38,39)29-9-8-18(27)12-29;/h3-7,10-11,18,20H,8-9,12-15,27H2,1-2H3;1H/t18-;/m0./s1. The third-order valence-corrected chi connectivity index (χ3v) is 8.76. The van der Waals surface area contributed by atoms with Crippen molar-refractivity contribution in [3.63, 3.8) is 0 Å². The van der Waals surface area contributed by atoms with Crippen LogP contribution in [0.3, 0.4) is 0 Å². The molecule has 17 nitrogen and oxygen atoms in total. The molecular formula is C26H30ClN5O12S. The third-order valence-electron chi connectivity index (χ3n) is 6.85. The van der Waals surface area contributed by atoms with Crippen molar-refractivity contribution < 1.29 is 42.5 Å². The second kappa shape index (κ2) is 14.5. The summed E-state index contributed by atoms with van der Waals surface area (Å²) < 4.78 is 40.1. The number of pyridine rings is 1. The number of benzene rings is 2. The molecule has 1 aliphatic heterocycles. The van der Waals surface area contributed by atoms with Crippen LogP contribution >= 0.6 is 12.4 Å². The maximum atomic E-state index is 13.4. The van der Waals surface area contributed by atoms with E-state index < -0.39 is 57.8 Å². The molecule has 1 atom stereocenters. The summed E-state index contributed by atoms with van der Waals surface area (Å²) in [5.74, 6) is -0.670. The van der Waals surface area contributed by atoms with Crippen molar-refractivity contribution in [2.24, 2.45) is 5.73 Å². The lowest BCUT2D eigenvalue weighted by atomic mass is 10.1. The molecule has 0 bridgehead atoms. The monoisotopic (exact) mass is 671 g/mol. The highest BCUT2D eigenvalue weighted by molar-refractivity contribution is 7.89. The van der Waals surface area contributed by atoms with E-state index in [4.69, 9.17) is 15.2 Å². The quantitative estimate of drug-likeness (QED) is 0.155. The molecule has 0 radical (unpaired) electrons. The molecule has 1 aromatic heterocycles. The van der Waals surface area contributed by atoms with Crippen molar-refractivity contribution in [3.05, 3.63) is 89.9 Å². The van der Waals surface area contributed by atoms with Crippen molar-refractivity contribution >= 4 is 39.2 Å². The van der Waals surface area contributed by atoms with E-state index in [1.165, 1.54) is 46.9 Å². The van der Waals surface area contributed by atoms with E-state index in [0.29, 0.717) is 17.5 Å². The van der Waals surface area contributed by atoms with Gasteiger partial charge in [0.15, 0.2) is 6.73 Å². The molecule has 1 saturated heterocycles. The van der Waals surface area contributed by atoms with Gasteiger partial charge in [0.25, 0.3) is 15.7 Å². The first kappa shape index (κ1) is 35.0. The number of rotatable bonds is 13. The topological polar surface area (TPSA) is 226 Å². The zero-order chi connectivity index (χ0) is 32.2. The number of hydrogen-bond acceptors (Lipinski definition) is 13. The van der Waals surface area contributed by atoms with Gasteiger partial charge in [-0.25, -0.2) is 13.2 Å². The van der Waals surface area contributed by atoms with Crippen molar-refractivity contribution in [2.75, 3.05) is 26.3 Å². The van der Waals surface area contributed by atoms with Gasteiger partial charge in [-0.15, -0.1) is 32.6 Å². The molecule has 0 spiro atoms. The molecule has 244 valence electrons. The van der Waals surface area contributed by atoms with E-state index in [2.05, 4.69) is 9.68 Å². The van der Waals surface area contributed by atoms with Crippen molar-refractivity contribution in [2.45, 2.75) is 44.0 Å². The Morgan fingerprint density at radius 3 is 2.33 bits per heavy atom.